The van der Waals surface area contributed by atoms with Crippen molar-refractivity contribution in [2.45, 2.75) is 59.0 Å². The van der Waals surface area contributed by atoms with Crippen LogP contribution in [0.25, 0.3) is 0 Å². The van der Waals surface area contributed by atoms with E-state index in [0.29, 0.717) is 0 Å². The Morgan fingerprint density at radius 2 is 1.20 bits per heavy atom. The van der Waals surface area contributed by atoms with Crippen LogP contribution < -0.4 is 0 Å². The highest BCUT2D eigenvalue weighted by Gasteiger charge is 2.46. The van der Waals surface area contributed by atoms with Gasteiger partial charge in [0, 0.05) is 34.6 Å². The molecule has 0 N–H and O–H groups in total. The first kappa shape index (κ1) is 26.8. The number of rotatable bonds is 10. The van der Waals surface area contributed by atoms with Crippen molar-refractivity contribution in [1.29, 1.82) is 0 Å². The van der Waals surface area contributed by atoms with E-state index in [9.17, 15) is 28.8 Å². The van der Waals surface area contributed by atoms with Gasteiger partial charge in [-0.2, -0.15) is 4.99 Å². The number of hydrogen-bond donors (Lipinski definition) is 0. The molecule has 30 heavy (non-hydrogen) atoms. The summed E-state index contributed by atoms with van der Waals surface area (Å²) in [4.78, 5) is 73.0. The van der Waals surface area contributed by atoms with Gasteiger partial charge in [0.15, 0.2) is 18.3 Å². The Labute approximate surface area is 176 Å². The lowest BCUT2D eigenvalue weighted by Gasteiger charge is -2.34. The van der Waals surface area contributed by atoms with E-state index in [1.54, 1.807) is 5.16 Å². The van der Waals surface area contributed by atoms with Crippen LogP contribution in [0.2, 0.25) is 0 Å². The average molecular weight is 447 g/mol. The van der Waals surface area contributed by atoms with Crippen LogP contribution in [-0.2, 0) is 52.5 Å². The fraction of sp³-hybridized carbons (Fsp3) is 0.588. The fourth-order valence-corrected chi connectivity index (χ4v) is 2.28. The number of hydrogen-bond acceptors (Lipinski definition) is 12. The lowest BCUT2D eigenvalue weighted by atomic mass is 10.0. The molecule has 0 fully saturated rings. The second kappa shape index (κ2) is 13.1. The lowest BCUT2D eigenvalue weighted by molar-refractivity contribution is -0.202. The molecular weight excluding hydrogens is 426 g/mol. The van der Waals surface area contributed by atoms with E-state index in [4.69, 9.17) is 23.7 Å². The summed E-state index contributed by atoms with van der Waals surface area (Å²) < 4.78 is 24.8. The maximum atomic E-state index is 12.3. The number of carbonyl (C=O) groups excluding carboxylic acids is 6. The molecule has 0 radical (unpaired) electrons. The molecule has 0 aromatic carbocycles. The molecular formula is C17H21NO11S. The van der Waals surface area contributed by atoms with E-state index >= 15 is 0 Å². The molecule has 0 rings (SSSR count). The van der Waals surface area contributed by atoms with Crippen molar-refractivity contribution in [3.05, 3.63) is 0 Å². The first-order chi connectivity index (χ1) is 13.9. The zero-order valence-electron chi connectivity index (χ0n) is 16.9. The molecule has 1 amide bonds. The van der Waals surface area contributed by atoms with Gasteiger partial charge in [-0.15, -0.1) is 0 Å². The third-order valence-electron chi connectivity index (χ3n) is 3.05. The number of esters is 5. The zero-order chi connectivity index (χ0) is 23.4. The van der Waals surface area contributed by atoms with Gasteiger partial charge in [-0.05, 0) is 12.2 Å². The Hall–Kier alpha value is -3.18. The first-order valence-electron chi connectivity index (χ1n) is 8.33. The van der Waals surface area contributed by atoms with Crippen molar-refractivity contribution in [3.63, 3.8) is 0 Å². The van der Waals surface area contributed by atoms with Crippen LogP contribution in [0.3, 0.4) is 0 Å². The summed E-state index contributed by atoms with van der Waals surface area (Å²) in [5.41, 5.74) is 0. The Morgan fingerprint density at radius 1 is 0.733 bits per heavy atom. The smallest absolute Gasteiger partial charge is 0.303 e. The van der Waals surface area contributed by atoms with Gasteiger partial charge in [-0.3, -0.25) is 28.8 Å². The normalized spacial score (nSPS) is 13.9. The van der Waals surface area contributed by atoms with E-state index in [0.717, 1.165) is 34.6 Å². The van der Waals surface area contributed by atoms with Gasteiger partial charge < -0.3 is 23.7 Å². The number of nitrogens with zero attached hydrogens (tertiary/aromatic N) is 1. The highest BCUT2D eigenvalue weighted by molar-refractivity contribution is 7.78. The molecule has 0 aliphatic rings. The van der Waals surface area contributed by atoms with Gasteiger partial charge in [0.2, 0.25) is 6.10 Å². The van der Waals surface area contributed by atoms with E-state index in [2.05, 4.69) is 17.2 Å². The molecule has 0 bridgehead atoms. The first-order valence-corrected chi connectivity index (χ1v) is 8.73. The minimum absolute atomic E-state index is 0.637. The molecule has 0 saturated carbocycles. The van der Waals surface area contributed by atoms with Gasteiger partial charge in [-0.25, -0.2) is 0 Å². The van der Waals surface area contributed by atoms with Crippen LogP contribution in [-0.4, -0.2) is 71.9 Å². The summed E-state index contributed by atoms with van der Waals surface area (Å²) in [6.45, 7) is 4.33. The second-order valence-corrected chi connectivity index (χ2v) is 5.85. The molecule has 0 unspecified atom stereocenters. The number of thiocarbonyl (C=S) groups is 1. The predicted octanol–water partition coefficient (Wildman–Crippen LogP) is -0.0943. The molecule has 13 heteroatoms. The minimum atomic E-state index is -1.94. The van der Waals surface area contributed by atoms with Crippen LogP contribution >= 0.6 is 12.2 Å². The number of ether oxygens (including phenoxy) is 5. The molecule has 0 aliphatic carbocycles. The van der Waals surface area contributed by atoms with Crippen molar-refractivity contribution in [2.24, 2.45) is 4.99 Å². The Balaban J connectivity index is 6.44. The topological polar surface area (TPSA) is 161 Å². The summed E-state index contributed by atoms with van der Waals surface area (Å²) in [6.07, 6.45) is -7.05. The molecule has 0 aromatic heterocycles. The van der Waals surface area contributed by atoms with Gasteiger partial charge >= 0.3 is 29.8 Å². The van der Waals surface area contributed by atoms with Crippen LogP contribution in [0.4, 0.5) is 0 Å². The van der Waals surface area contributed by atoms with Crippen molar-refractivity contribution >= 4 is 53.1 Å². The Bertz CT molecular complexity index is 744. The van der Waals surface area contributed by atoms with Crippen LogP contribution in [0, 0.1) is 0 Å². The van der Waals surface area contributed by atoms with E-state index in [1.807, 2.05) is 0 Å². The summed E-state index contributed by atoms with van der Waals surface area (Å²) in [5, 5.41) is 1.78. The minimum Gasteiger partial charge on any atom is -0.462 e. The van der Waals surface area contributed by atoms with Gasteiger partial charge in [0.1, 0.15) is 6.61 Å². The van der Waals surface area contributed by atoms with E-state index < -0.39 is 66.8 Å². The summed E-state index contributed by atoms with van der Waals surface area (Å²) in [6, 6.07) is 0. The number of amides is 1. The predicted molar refractivity (Wildman–Crippen MR) is 98.9 cm³/mol. The second-order valence-electron chi connectivity index (χ2n) is 5.67. The van der Waals surface area contributed by atoms with Crippen molar-refractivity contribution in [2.75, 3.05) is 6.61 Å². The largest absolute Gasteiger partial charge is 0.462 e. The maximum Gasteiger partial charge on any atom is 0.303 e. The molecule has 0 aliphatic heterocycles. The molecule has 166 valence electrons. The molecule has 12 nitrogen and oxygen atoms in total. The maximum absolute atomic E-state index is 12.3. The Morgan fingerprint density at radius 3 is 1.60 bits per heavy atom. The van der Waals surface area contributed by atoms with E-state index in [1.165, 1.54) is 0 Å². The summed E-state index contributed by atoms with van der Waals surface area (Å²) in [5.74, 6) is -5.73. The van der Waals surface area contributed by atoms with E-state index in [-0.39, 0.29) is 0 Å². The third-order valence-corrected chi connectivity index (χ3v) is 3.14. The zero-order valence-corrected chi connectivity index (χ0v) is 17.7. The fourth-order valence-electron chi connectivity index (χ4n) is 2.19. The summed E-state index contributed by atoms with van der Waals surface area (Å²) >= 11 is 4.35. The molecule has 0 aromatic rings. The number of isothiocyanates is 1. The molecule has 4 atom stereocenters. The van der Waals surface area contributed by atoms with Crippen LogP contribution in [0.1, 0.15) is 34.6 Å². The standard InChI is InChI=1S/C17H21NO11S/c1-8(19)25-6-13(26-9(2)20)14(27-10(3)21)15(28-11(4)22)16(29-12(5)23)17(24)18-7-30/h13-16H,6H2,1-5H3/t13-,14-,15+,16-/m1/s1. The van der Waals surface area contributed by atoms with Crippen LogP contribution in [0.15, 0.2) is 4.99 Å². The quantitative estimate of drug-likeness (QED) is 0.190. The Kier molecular flexibility index (Phi) is 11.7. The molecule has 0 heterocycles. The van der Waals surface area contributed by atoms with Gasteiger partial charge in [-0.1, -0.05) is 0 Å². The van der Waals surface area contributed by atoms with Crippen molar-refractivity contribution < 1.29 is 52.5 Å². The summed E-state index contributed by atoms with van der Waals surface area (Å²) in [7, 11) is 0. The molecule has 0 spiro atoms. The van der Waals surface area contributed by atoms with Crippen molar-refractivity contribution in [3.8, 4) is 0 Å². The van der Waals surface area contributed by atoms with Crippen molar-refractivity contribution in [1.82, 2.24) is 0 Å². The van der Waals surface area contributed by atoms with Gasteiger partial charge in [0.05, 0.1) is 5.16 Å². The monoisotopic (exact) mass is 447 g/mol. The average Bonchev–Trinajstić information content (AvgIpc) is 2.59. The number of aliphatic imine (C=N–C) groups is 1. The highest BCUT2D eigenvalue weighted by Crippen LogP contribution is 2.21. The molecule has 0 saturated heterocycles. The number of carbonyl (C=O) groups is 6. The van der Waals surface area contributed by atoms with Gasteiger partial charge in [0.25, 0.3) is 5.91 Å². The third kappa shape index (κ3) is 10.4. The lowest BCUT2D eigenvalue weighted by Crippen LogP contribution is -2.55. The SMILES string of the molecule is CC(=O)OC[C@@H](OC(C)=O)[C@@H](OC(C)=O)[C@H](OC(C)=O)[C@@H](OC(C)=O)C(=O)N=C=S. The highest BCUT2D eigenvalue weighted by atomic mass is 32.1. The van der Waals surface area contributed by atoms with Crippen LogP contribution in [0.5, 0.6) is 0 Å².